The van der Waals surface area contributed by atoms with Crippen molar-refractivity contribution in [2.45, 2.75) is 43.4 Å². The third kappa shape index (κ3) is 3.96. The highest BCUT2D eigenvalue weighted by Gasteiger charge is 2.31. The molecule has 17 heavy (non-hydrogen) atoms. The predicted molar refractivity (Wildman–Crippen MR) is 65.5 cm³/mol. The van der Waals surface area contributed by atoms with E-state index in [0.717, 1.165) is 6.42 Å². The molecule has 1 atom stereocenters. The Morgan fingerprint density at radius 2 is 2.00 bits per heavy atom. The van der Waals surface area contributed by atoms with Crippen LogP contribution >= 0.6 is 0 Å². The second-order valence-corrected chi connectivity index (χ2v) is 7.31. The van der Waals surface area contributed by atoms with Crippen LogP contribution in [0.25, 0.3) is 0 Å². The lowest BCUT2D eigenvalue weighted by Crippen LogP contribution is -2.36. The fourth-order valence-electron chi connectivity index (χ4n) is 2.08. The van der Waals surface area contributed by atoms with E-state index in [9.17, 15) is 13.2 Å². The van der Waals surface area contributed by atoms with Crippen LogP contribution in [0.2, 0.25) is 0 Å². The summed E-state index contributed by atoms with van der Waals surface area (Å²) in [6.45, 7) is 0.971. The molecule has 1 unspecified atom stereocenters. The Labute approximate surface area is 102 Å². The molecule has 1 amide bonds. The third-order valence-electron chi connectivity index (χ3n) is 3.35. The monoisotopic (exact) mass is 260 g/mol. The normalized spacial score (nSPS) is 26.9. The van der Waals surface area contributed by atoms with E-state index in [1.54, 1.807) is 0 Å². The maximum atomic E-state index is 11.5. The van der Waals surface area contributed by atoms with Gasteiger partial charge in [0.15, 0.2) is 9.84 Å². The minimum absolute atomic E-state index is 0.0553. The van der Waals surface area contributed by atoms with Crippen molar-refractivity contribution in [3.8, 4) is 0 Å². The maximum Gasteiger partial charge on any atom is 0.221 e. The van der Waals surface area contributed by atoms with Gasteiger partial charge in [-0.2, -0.15) is 0 Å². The molecule has 6 heteroatoms. The Kier molecular flexibility index (Phi) is 4.04. The van der Waals surface area contributed by atoms with Crippen LogP contribution < -0.4 is 10.6 Å². The Hall–Kier alpha value is -0.620. The highest BCUT2D eigenvalue weighted by molar-refractivity contribution is 7.92. The van der Waals surface area contributed by atoms with Gasteiger partial charge in [0.25, 0.3) is 0 Å². The zero-order valence-corrected chi connectivity index (χ0v) is 10.8. The summed E-state index contributed by atoms with van der Waals surface area (Å²) < 4.78 is 23.0. The second kappa shape index (κ2) is 5.35. The van der Waals surface area contributed by atoms with E-state index >= 15 is 0 Å². The summed E-state index contributed by atoms with van der Waals surface area (Å²) in [6.07, 6.45) is 4.27. The van der Waals surface area contributed by atoms with Crippen molar-refractivity contribution < 1.29 is 13.2 Å². The Bertz CT molecular complexity index is 376. The number of hydrogen-bond donors (Lipinski definition) is 2. The molecule has 5 nitrogen and oxygen atoms in total. The Morgan fingerprint density at radius 3 is 2.59 bits per heavy atom. The van der Waals surface area contributed by atoms with Crippen LogP contribution in [0.3, 0.4) is 0 Å². The largest absolute Gasteiger partial charge is 0.355 e. The zero-order valence-electron chi connectivity index (χ0n) is 9.94. The summed E-state index contributed by atoms with van der Waals surface area (Å²) in [6, 6.07) is 0.609. The number of sulfone groups is 1. The molecule has 2 fully saturated rings. The minimum Gasteiger partial charge on any atom is -0.355 e. The van der Waals surface area contributed by atoms with Gasteiger partial charge in [-0.3, -0.25) is 4.79 Å². The van der Waals surface area contributed by atoms with Gasteiger partial charge >= 0.3 is 0 Å². The van der Waals surface area contributed by atoms with Gasteiger partial charge in [0, 0.05) is 25.6 Å². The molecule has 0 aromatic rings. The first kappa shape index (κ1) is 12.8. The van der Waals surface area contributed by atoms with Crippen LogP contribution in [0.15, 0.2) is 0 Å². The van der Waals surface area contributed by atoms with Crippen molar-refractivity contribution in [1.29, 1.82) is 0 Å². The lowest BCUT2D eigenvalue weighted by Gasteiger charge is -2.10. The van der Waals surface area contributed by atoms with Gasteiger partial charge in [0.1, 0.15) is 0 Å². The van der Waals surface area contributed by atoms with Gasteiger partial charge in [-0.15, -0.1) is 0 Å². The molecule has 1 saturated carbocycles. The predicted octanol–water partition coefficient (Wildman–Crippen LogP) is -0.178. The van der Waals surface area contributed by atoms with Crippen molar-refractivity contribution in [3.63, 3.8) is 0 Å². The summed E-state index contributed by atoms with van der Waals surface area (Å²) >= 11 is 0. The molecule has 1 aliphatic heterocycles. The third-order valence-corrected chi connectivity index (χ3v) is 5.63. The van der Waals surface area contributed by atoms with Crippen LogP contribution in [0.1, 0.15) is 32.1 Å². The van der Waals surface area contributed by atoms with Gasteiger partial charge < -0.3 is 10.6 Å². The molecule has 1 aliphatic carbocycles. The molecule has 1 heterocycles. The van der Waals surface area contributed by atoms with E-state index in [0.29, 0.717) is 25.4 Å². The standard InChI is InChI=1S/C11H20N2O3S/c14-11(5-6-12-9-3-4-9)13-8-10-2-1-7-17(10,15)16/h9-10,12H,1-8H2,(H,13,14). The number of rotatable bonds is 6. The number of carbonyl (C=O) groups excluding carboxylic acids is 1. The van der Waals surface area contributed by atoms with E-state index in [2.05, 4.69) is 10.6 Å². The van der Waals surface area contributed by atoms with Crippen LogP contribution in [-0.2, 0) is 14.6 Å². The molecule has 0 aromatic carbocycles. The van der Waals surface area contributed by atoms with Crippen molar-refractivity contribution in [2.75, 3.05) is 18.8 Å². The van der Waals surface area contributed by atoms with E-state index in [-0.39, 0.29) is 23.5 Å². The lowest BCUT2D eigenvalue weighted by atomic mass is 10.2. The number of amides is 1. The SMILES string of the molecule is O=C(CCNC1CC1)NCC1CCCS1(=O)=O. The zero-order chi connectivity index (χ0) is 12.3. The van der Waals surface area contributed by atoms with E-state index < -0.39 is 9.84 Å². The Morgan fingerprint density at radius 1 is 1.24 bits per heavy atom. The summed E-state index contributed by atoms with van der Waals surface area (Å²) in [7, 11) is -2.94. The van der Waals surface area contributed by atoms with Crippen LogP contribution in [0, 0.1) is 0 Å². The highest BCUT2D eigenvalue weighted by Crippen LogP contribution is 2.19. The van der Waals surface area contributed by atoms with Crippen LogP contribution in [0.4, 0.5) is 0 Å². The summed E-state index contributed by atoms with van der Waals surface area (Å²) in [5, 5.41) is 5.61. The van der Waals surface area contributed by atoms with Gasteiger partial charge in [-0.25, -0.2) is 8.42 Å². The van der Waals surface area contributed by atoms with Crippen LogP contribution in [0.5, 0.6) is 0 Å². The average Bonchev–Trinajstić information content (AvgIpc) is 3.00. The first-order chi connectivity index (χ1) is 8.08. The molecule has 2 N–H and O–H groups in total. The van der Waals surface area contributed by atoms with Gasteiger partial charge in [-0.1, -0.05) is 0 Å². The molecule has 0 aromatic heterocycles. The highest BCUT2D eigenvalue weighted by atomic mass is 32.2. The fraction of sp³-hybridized carbons (Fsp3) is 0.909. The molecular formula is C11H20N2O3S. The van der Waals surface area contributed by atoms with E-state index in [4.69, 9.17) is 0 Å². The molecular weight excluding hydrogens is 240 g/mol. The average molecular weight is 260 g/mol. The van der Waals surface area contributed by atoms with E-state index in [1.165, 1.54) is 12.8 Å². The van der Waals surface area contributed by atoms with Crippen molar-refractivity contribution in [1.82, 2.24) is 10.6 Å². The topological polar surface area (TPSA) is 75.3 Å². The Balaban J connectivity index is 1.61. The molecule has 0 radical (unpaired) electrons. The smallest absolute Gasteiger partial charge is 0.221 e. The quantitative estimate of drug-likeness (QED) is 0.695. The number of carbonyl (C=O) groups is 1. The number of hydrogen-bond acceptors (Lipinski definition) is 4. The van der Waals surface area contributed by atoms with Crippen molar-refractivity contribution in [3.05, 3.63) is 0 Å². The van der Waals surface area contributed by atoms with Crippen molar-refractivity contribution in [2.24, 2.45) is 0 Å². The van der Waals surface area contributed by atoms with Crippen molar-refractivity contribution >= 4 is 15.7 Å². The summed E-state index contributed by atoms with van der Waals surface area (Å²) in [5.41, 5.74) is 0. The molecule has 0 spiro atoms. The van der Waals surface area contributed by atoms with Crippen LogP contribution in [-0.4, -0.2) is 44.5 Å². The molecule has 98 valence electrons. The van der Waals surface area contributed by atoms with Gasteiger partial charge in [0.2, 0.25) is 5.91 Å². The second-order valence-electron chi connectivity index (χ2n) is 4.91. The first-order valence-corrected chi connectivity index (χ1v) is 8.01. The molecule has 2 rings (SSSR count). The lowest BCUT2D eigenvalue weighted by molar-refractivity contribution is -0.120. The van der Waals surface area contributed by atoms with Gasteiger partial charge in [0.05, 0.1) is 11.0 Å². The summed E-state index contributed by atoms with van der Waals surface area (Å²) in [4.78, 5) is 11.5. The first-order valence-electron chi connectivity index (χ1n) is 6.29. The summed E-state index contributed by atoms with van der Waals surface area (Å²) in [5.74, 6) is 0.219. The minimum atomic E-state index is -2.94. The maximum absolute atomic E-state index is 11.5. The number of nitrogens with one attached hydrogen (secondary N) is 2. The molecule has 0 bridgehead atoms. The fourth-order valence-corrected chi connectivity index (χ4v) is 3.85. The molecule has 1 saturated heterocycles. The van der Waals surface area contributed by atoms with E-state index in [1.807, 2.05) is 0 Å². The molecule has 2 aliphatic rings. The van der Waals surface area contributed by atoms with Gasteiger partial charge in [-0.05, 0) is 25.7 Å².